The number of aromatic amines is 1. The van der Waals surface area contributed by atoms with E-state index in [1.54, 1.807) is 11.3 Å². The number of fused-ring (bicyclic) bond motifs is 1. The zero-order valence-electron chi connectivity index (χ0n) is 14.1. The summed E-state index contributed by atoms with van der Waals surface area (Å²) in [6.07, 6.45) is 0. The van der Waals surface area contributed by atoms with Crippen LogP contribution in [0.4, 0.5) is 0 Å². The van der Waals surface area contributed by atoms with E-state index in [2.05, 4.69) is 41.1 Å². The summed E-state index contributed by atoms with van der Waals surface area (Å²) in [6, 6.07) is 12.2. The third kappa shape index (κ3) is 3.59. The molecule has 6 heteroatoms. The van der Waals surface area contributed by atoms with Crippen molar-refractivity contribution in [2.75, 3.05) is 26.2 Å². The standard InChI is InChI=1S/C19H20ClN3OS/c1-13-2-3-14-11-17(21-16(14)10-13)19(24)23-8-6-22(7-9-23)12-15-4-5-18(20)25-15/h2-5,10-11,21H,6-9,12H2,1H3. The first-order valence-corrected chi connectivity index (χ1v) is 9.63. The molecule has 1 aliphatic rings. The predicted octanol–water partition coefficient (Wildman–Crippen LogP) is 4.15. The average Bonchev–Trinajstić information content (AvgIpc) is 3.20. The maximum atomic E-state index is 12.8. The van der Waals surface area contributed by atoms with E-state index in [1.165, 1.54) is 10.4 Å². The van der Waals surface area contributed by atoms with E-state index >= 15 is 0 Å². The molecule has 1 N–H and O–H groups in total. The predicted molar refractivity (Wildman–Crippen MR) is 104 cm³/mol. The molecule has 2 aromatic heterocycles. The minimum atomic E-state index is 0.0904. The van der Waals surface area contributed by atoms with Gasteiger partial charge in [-0.2, -0.15) is 0 Å². The Morgan fingerprint density at radius 1 is 1.16 bits per heavy atom. The second-order valence-electron chi connectivity index (χ2n) is 6.55. The smallest absolute Gasteiger partial charge is 0.270 e. The molecule has 0 bridgehead atoms. The number of nitrogens with zero attached hydrogens (tertiary/aromatic N) is 2. The highest BCUT2D eigenvalue weighted by molar-refractivity contribution is 7.16. The number of thiophene rings is 1. The van der Waals surface area contributed by atoms with Crippen molar-refractivity contribution in [2.45, 2.75) is 13.5 Å². The SMILES string of the molecule is Cc1ccc2cc(C(=O)N3CCN(Cc4ccc(Cl)s4)CC3)[nH]c2c1. The molecule has 4 nitrogen and oxygen atoms in total. The van der Waals surface area contributed by atoms with E-state index in [-0.39, 0.29) is 5.91 Å². The van der Waals surface area contributed by atoms with Crippen molar-refractivity contribution < 1.29 is 4.79 Å². The number of piperazine rings is 1. The Hall–Kier alpha value is -1.82. The molecule has 130 valence electrons. The summed E-state index contributed by atoms with van der Waals surface area (Å²) in [5, 5.41) is 1.09. The van der Waals surface area contributed by atoms with Crippen molar-refractivity contribution in [3.63, 3.8) is 0 Å². The summed E-state index contributed by atoms with van der Waals surface area (Å²) in [5.41, 5.74) is 2.89. The first kappa shape index (κ1) is 16.6. The molecule has 0 atom stereocenters. The number of nitrogens with one attached hydrogen (secondary N) is 1. The summed E-state index contributed by atoms with van der Waals surface area (Å²) < 4.78 is 0.831. The second kappa shape index (κ2) is 6.83. The Labute approximate surface area is 156 Å². The van der Waals surface area contributed by atoms with Crippen LogP contribution in [0.5, 0.6) is 0 Å². The second-order valence-corrected chi connectivity index (χ2v) is 8.35. The number of carbonyl (C=O) groups excluding carboxylic acids is 1. The highest BCUT2D eigenvalue weighted by Crippen LogP contribution is 2.23. The minimum Gasteiger partial charge on any atom is -0.351 e. The number of hydrogen-bond acceptors (Lipinski definition) is 3. The van der Waals surface area contributed by atoms with Crippen LogP contribution in [0.1, 0.15) is 20.9 Å². The number of amides is 1. The number of H-pyrrole nitrogens is 1. The van der Waals surface area contributed by atoms with Gasteiger partial charge in [-0.1, -0.05) is 23.7 Å². The maximum absolute atomic E-state index is 12.8. The Morgan fingerprint density at radius 3 is 2.68 bits per heavy atom. The van der Waals surface area contributed by atoms with Crippen LogP contribution in [0, 0.1) is 6.92 Å². The number of benzene rings is 1. The van der Waals surface area contributed by atoms with Gasteiger partial charge in [0.1, 0.15) is 5.69 Å². The number of aryl methyl sites for hydroxylation is 1. The molecular formula is C19H20ClN3OS. The van der Waals surface area contributed by atoms with E-state index in [0.29, 0.717) is 5.69 Å². The van der Waals surface area contributed by atoms with Crippen LogP contribution >= 0.6 is 22.9 Å². The summed E-state index contributed by atoms with van der Waals surface area (Å²) in [6.45, 7) is 6.26. The number of carbonyl (C=O) groups is 1. The normalized spacial score (nSPS) is 15.8. The summed E-state index contributed by atoms with van der Waals surface area (Å²) in [4.78, 5) is 21.6. The van der Waals surface area contributed by atoms with E-state index in [1.807, 2.05) is 17.0 Å². The van der Waals surface area contributed by atoms with Gasteiger partial charge in [0.05, 0.1) is 4.34 Å². The number of halogens is 1. The quantitative estimate of drug-likeness (QED) is 0.749. The molecule has 0 aliphatic carbocycles. The molecule has 0 unspecified atom stereocenters. The molecule has 25 heavy (non-hydrogen) atoms. The van der Waals surface area contributed by atoms with Crippen LogP contribution in [-0.2, 0) is 6.54 Å². The lowest BCUT2D eigenvalue weighted by Gasteiger charge is -2.34. The Balaban J connectivity index is 1.40. The van der Waals surface area contributed by atoms with Crippen LogP contribution in [0.3, 0.4) is 0 Å². The van der Waals surface area contributed by atoms with Gasteiger partial charge in [-0.15, -0.1) is 11.3 Å². The van der Waals surface area contributed by atoms with Gasteiger partial charge < -0.3 is 9.88 Å². The molecule has 4 rings (SSSR count). The van der Waals surface area contributed by atoms with Crippen LogP contribution in [0.25, 0.3) is 10.9 Å². The lowest BCUT2D eigenvalue weighted by atomic mass is 10.2. The number of aromatic nitrogens is 1. The molecule has 0 spiro atoms. The van der Waals surface area contributed by atoms with E-state index in [0.717, 1.165) is 48.0 Å². The van der Waals surface area contributed by atoms with Crippen LogP contribution < -0.4 is 0 Å². The van der Waals surface area contributed by atoms with Gasteiger partial charge in [0, 0.05) is 48.5 Å². The summed E-state index contributed by atoms with van der Waals surface area (Å²) in [7, 11) is 0. The average molecular weight is 374 g/mol. The summed E-state index contributed by atoms with van der Waals surface area (Å²) >= 11 is 7.62. The zero-order chi connectivity index (χ0) is 17.4. The molecule has 1 aliphatic heterocycles. The first-order chi connectivity index (χ1) is 12.1. The fourth-order valence-electron chi connectivity index (χ4n) is 3.29. The van der Waals surface area contributed by atoms with Crippen molar-refractivity contribution in [1.82, 2.24) is 14.8 Å². The molecule has 1 aromatic carbocycles. The molecule has 1 fully saturated rings. The Morgan fingerprint density at radius 2 is 1.96 bits per heavy atom. The molecule has 1 saturated heterocycles. The van der Waals surface area contributed by atoms with Crippen molar-refractivity contribution in [3.05, 3.63) is 56.9 Å². The van der Waals surface area contributed by atoms with E-state index in [4.69, 9.17) is 11.6 Å². The number of rotatable bonds is 3. The first-order valence-electron chi connectivity index (χ1n) is 8.44. The largest absolute Gasteiger partial charge is 0.351 e. The lowest BCUT2D eigenvalue weighted by molar-refractivity contribution is 0.0625. The topological polar surface area (TPSA) is 39.3 Å². The van der Waals surface area contributed by atoms with Gasteiger partial charge in [0.2, 0.25) is 0 Å². The van der Waals surface area contributed by atoms with Crippen molar-refractivity contribution in [3.8, 4) is 0 Å². The third-order valence-corrected chi connectivity index (χ3v) is 5.89. The van der Waals surface area contributed by atoms with Gasteiger partial charge in [0.15, 0.2) is 0 Å². The number of hydrogen-bond donors (Lipinski definition) is 1. The molecule has 3 aromatic rings. The van der Waals surface area contributed by atoms with Crippen molar-refractivity contribution in [2.24, 2.45) is 0 Å². The molecular weight excluding hydrogens is 354 g/mol. The van der Waals surface area contributed by atoms with Gasteiger partial charge in [-0.05, 0) is 36.8 Å². The van der Waals surface area contributed by atoms with E-state index < -0.39 is 0 Å². The molecule has 0 radical (unpaired) electrons. The van der Waals surface area contributed by atoms with Crippen molar-refractivity contribution >= 4 is 39.7 Å². The van der Waals surface area contributed by atoms with Crippen molar-refractivity contribution in [1.29, 1.82) is 0 Å². The van der Waals surface area contributed by atoms with Gasteiger partial charge >= 0.3 is 0 Å². The Kier molecular flexibility index (Phi) is 4.54. The van der Waals surface area contributed by atoms with Gasteiger partial charge in [0.25, 0.3) is 5.91 Å². The lowest BCUT2D eigenvalue weighted by Crippen LogP contribution is -2.48. The third-order valence-electron chi connectivity index (χ3n) is 4.68. The minimum absolute atomic E-state index is 0.0904. The van der Waals surface area contributed by atoms with Gasteiger partial charge in [-0.3, -0.25) is 9.69 Å². The van der Waals surface area contributed by atoms with Crippen LogP contribution in [-0.4, -0.2) is 46.9 Å². The fourth-order valence-corrected chi connectivity index (χ4v) is 4.42. The molecule has 1 amide bonds. The zero-order valence-corrected chi connectivity index (χ0v) is 15.7. The van der Waals surface area contributed by atoms with Crippen LogP contribution in [0.15, 0.2) is 36.4 Å². The maximum Gasteiger partial charge on any atom is 0.270 e. The van der Waals surface area contributed by atoms with Crippen LogP contribution in [0.2, 0.25) is 4.34 Å². The van der Waals surface area contributed by atoms with E-state index in [9.17, 15) is 4.79 Å². The summed E-state index contributed by atoms with van der Waals surface area (Å²) in [5.74, 6) is 0.0904. The van der Waals surface area contributed by atoms with Gasteiger partial charge in [-0.25, -0.2) is 0 Å². The monoisotopic (exact) mass is 373 g/mol. The molecule has 0 saturated carbocycles. The molecule has 3 heterocycles. The highest BCUT2D eigenvalue weighted by Gasteiger charge is 2.23. The highest BCUT2D eigenvalue weighted by atomic mass is 35.5. The Bertz CT molecular complexity index is 908. The fraction of sp³-hybridized carbons (Fsp3) is 0.316.